The second-order valence-corrected chi connectivity index (χ2v) is 3.96. The molecule has 3 nitrogen and oxygen atoms in total. The number of alkyl halides is 3. The topological polar surface area (TPSA) is 29.5 Å². The lowest BCUT2D eigenvalue weighted by Crippen LogP contribution is -2.38. The van der Waals surface area contributed by atoms with E-state index in [2.05, 4.69) is 4.74 Å². The Kier molecular flexibility index (Phi) is 8.47. The number of ether oxygens (including phenoxy) is 1. The molecule has 96 valence electrons. The van der Waals surface area contributed by atoms with Crippen molar-refractivity contribution in [2.45, 2.75) is 32.7 Å². The minimum Gasteiger partial charge on any atom is -0.375 e. The number of carbonyl (C=O) groups is 1. The first-order valence-electron chi connectivity index (χ1n) is 5.20. The van der Waals surface area contributed by atoms with Crippen LogP contribution >= 0.6 is 11.6 Å². The second kappa shape index (κ2) is 8.70. The van der Waals surface area contributed by atoms with Crippen molar-refractivity contribution in [2.75, 3.05) is 25.6 Å². The maximum Gasteiger partial charge on any atom is 0.261 e. The van der Waals surface area contributed by atoms with Crippen molar-refractivity contribution < 1.29 is 18.3 Å². The van der Waals surface area contributed by atoms with Crippen LogP contribution in [0.25, 0.3) is 0 Å². The lowest BCUT2D eigenvalue weighted by Gasteiger charge is -2.25. The number of amides is 1. The Bertz CT molecular complexity index is 203. The number of carbonyl (C=O) groups excluding carboxylic acids is 1. The van der Waals surface area contributed by atoms with Gasteiger partial charge in [-0.15, -0.1) is 11.6 Å². The summed E-state index contributed by atoms with van der Waals surface area (Å²) in [5.74, 6) is 0.242. The van der Waals surface area contributed by atoms with E-state index in [0.717, 1.165) is 0 Å². The predicted molar refractivity (Wildman–Crippen MR) is 59.0 cm³/mol. The van der Waals surface area contributed by atoms with E-state index >= 15 is 0 Å². The lowest BCUT2D eigenvalue weighted by atomic mass is 10.3. The van der Waals surface area contributed by atoms with E-state index < -0.39 is 13.0 Å². The summed E-state index contributed by atoms with van der Waals surface area (Å²) in [7, 11) is 0. The molecule has 0 bridgehead atoms. The fraction of sp³-hybridized carbons (Fsp3) is 0.900. The molecule has 0 fully saturated rings. The van der Waals surface area contributed by atoms with Gasteiger partial charge in [0.05, 0.1) is 13.0 Å². The molecular weight excluding hydrogens is 240 g/mol. The van der Waals surface area contributed by atoms with Gasteiger partial charge in [-0.1, -0.05) is 0 Å². The van der Waals surface area contributed by atoms with Crippen molar-refractivity contribution in [1.82, 2.24) is 4.90 Å². The number of rotatable bonds is 8. The van der Waals surface area contributed by atoms with Crippen LogP contribution in [0.15, 0.2) is 0 Å². The van der Waals surface area contributed by atoms with E-state index in [4.69, 9.17) is 11.6 Å². The zero-order valence-electron chi connectivity index (χ0n) is 9.59. The van der Waals surface area contributed by atoms with Gasteiger partial charge < -0.3 is 9.64 Å². The molecule has 0 aromatic rings. The van der Waals surface area contributed by atoms with E-state index in [1.54, 1.807) is 4.90 Å². The summed E-state index contributed by atoms with van der Waals surface area (Å²) < 4.78 is 28.1. The van der Waals surface area contributed by atoms with Gasteiger partial charge in [0.2, 0.25) is 5.91 Å². The standard InChI is InChI=1S/C10H18ClF2NO2/c1-8(2)14(5-4-11)10(15)3-6-16-7-9(12)13/h8-9H,3-7H2,1-2H3. The van der Waals surface area contributed by atoms with Crippen LogP contribution in [0.3, 0.4) is 0 Å². The summed E-state index contributed by atoms with van der Waals surface area (Å²) in [6.07, 6.45) is -2.37. The van der Waals surface area contributed by atoms with E-state index in [0.29, 0.717) is 12.4 Å². The molecule has 0 atom stereocenters. The van der Waals surface area contributed by atoms with E-state index in [1.165, 1.54) is 0 Å². The van der Waals surface area contributed by atoms with Gasteiger partial charge in [-0.2, -0.15) is 0 Å². The number of halogens is 3. The normalized spacial score (nSPS) is 11.2. The van der Waals surface area contributed by atoms with Crippen LogP contribution in [0.2, 0.25) is 0 Å². The molecule has 0 aliphatic carbocycles. The van der Waals surface area contributed by atoms with E-state index in [1.807, 2.05) is 13.8 Å². The predicted octanol–water partition coefficient (Wildman–Crippen LogP) is 2.13. The van der Waals surface area contributed by atoms with Gasteiger partial charge in [-0.05, 0) is 13.8 Å². The molecule has 0 aromatic carbocycles. The fourth-order valence-corrected chi connectivity index (χ4v) is 1.42. The summed E-state index contributed by atoms with van der Waals surface area (Å²) in [6, 6.07) is 0.0568. The van der Waals surface area contributed by atoms with Gasteiger partial charge in [-0.3, -0.25) is 4.79 Å². The average Bonchev–Trinajstić information content (AvgIpc) is 2.19. The number of hydrogen-bond donors (Lipinski definition) is 0. The highest BCUT2D eigenvalue weighted by molar-refractivity contribution is 6.18. The maximum absolute atomic E-state index is 11.7. The van der Waals surface area contributed by atoms with Crippen molar-refractivity contribution >= 4 is 17.5 Å². The van der Waals surface area contributed by atoms with Crippen molar-refractivity contribution in [1.29, 1.82) is 0 Å². The van der Waals surface area contributed by atoms with Crippen molar-refractivity contribution in [3.05, 3.63) is 0 Å². The third-order valence-corrected chi connectivity index (χ3v) is 2.14. The summed E-state index contributed by atoms with van der Waals surface area (Å²) in [6.45, 7) is 3.63. The molecular formula is C10H18ClF2NO2. The molecule has 16 heavy (non-hydrogen) atoms. The molecule has 0 aliphatic heterocycles. The summed E-state index contributed by atoms with van der Waals surface area (Å²) >= 11 is 5.56. The number of nitrogens with zero attached hydrogens (tertiary/aromatic N) is 1. The highest BCUT2D eigenvalue weighted by Crippen LogP contribution is 2.03. The van der Waals surface area contributed by atoms with Crippen molar-refractivity contribution in [3.63, 3.8) is 0 Å². The van der Waals surface area contributed by atoms with E-state index in [9.17, 15) is 13.6 Å². The minimum absolute atomic E-state index is 0.0225. The first-order chi connectivity index (χ1) is 7.49. The van der Waals surface area contributed by atoms with Gasteiger partial charge in [0.15, 0.2) is 0 Å². The molecule has 0 heterocycles. The molecule has 0 N–H and O–H groups in total. The smallest absolute Gasteiger partial charge is 0.261 e. The molecule has 6 heteroatoms. The van der Waals surface area contributed by atoms with Crippen LogP contribution in [0.1, 0.15) is 20.3 Å². The molecule has 0 rings (SSSR count). The third kappa shape index (κ3) is 6.95. The van der Waals surface area contributed by atoms with Gasteiger partial charge in [0.25, 0.3) is 6.43 Å². The van der Waals surface area contributed by atoms with Crippen LogP contribution in [-0.2, 0) is 9.53 Å². The highest BCUT2D eigenvalue weighted by Gasteiger charge is 2.15. The maximum atomic E-state index is 11.7. The zero-order valence-corrected chi connectivity index (χ0v) is 10.3. The largest absolute Gasteiger partial charge is 0.375 e. The van der Waals surface area contributed by atoms with Crippen LogP contribution in [-0.4, -0.2) is 48.9 Å². The van der Waals surface area contributed by atoms with Crippen LogP contribution in [0.5, 0.6) is 0 Å². The molecule has 0 aliphatic rings. The molecule has 0 saturated heterocycles. The third-order valence-electron chi connectivity index (χ3n) is 1.97. The number of hydrogen-bond acceptors (Lipinski definition) is 2. The Morgan fingerprint density at radius 3 is 2.50 bits per heavy atom. The Morgan fingerprint density at radius 2 is 2.06 bits per heavy atom. The monoisotopic (exact) mass is 257 g/mol. The van der Waals surface area contributed by atoms with E-state index in [-0.39, 0.29) is 25.0 Å². The molecule has 0 spiro atoms. The fourth-order valence-electron chi connectivity index (χ4n) is 1.24. The molecule has 1 amide bonds. The molecule has 0 radical (unpaired) electrons. The Morgan fingerprint density at radius 1 is 1.44 bits per heavy atom. The van der Waals surface area contributed by atoms with Crippen molar-refractivity contribution in [2.24, 2.45) is 0 Å². The summed E-state index contributed by atoms with van der Waals surface area (Å²) in [4.78, 5) is 13.2. The Balaban J connectivity index is 3.83. The first-order valence-corrected chi connectivity index (χ1v) is 5.73. The zero-order chi connectivity index (χ0) is 12.6. The quantitative estimate of drug-likeness (QED) is 0.493. The molecule has 0 unspecified atom stereocenters. The van der Waals surface area contributed by atoms with Gasteiger partial charge in [-0.25, -0.2) is 8.78 Å². The van der Waals surface area contributed by atoms with Crippen LogP contribution in [0.4, 0.5) is 8.78 Å². The second-order valence-electron chi connectivity index (χ2n) is 3.59. The molecule has 0 aromatic heterocycles. The lowest BCUT2D eigenvalue weighted by molar-refractivity contribution is -0.134. The minimum atomic E-state index is -2.49. The highest BCUT2D eigenvalue weighted by atomic mass is 35.5. The van der Waals surface area contributed by atoms with Crippen LogP contribution in [0, 0.1) is 0 Å². The van der Waals surface area contributed by atoms with Crippen LogP contribution < -0.4 is 0 Å². The molecule has 0 saturated carbocycles. The summed E-state index contributed by atoms with van der Waals surface area (Å²) in [5, 5.41) is 0. The Hall–Kier alpha value is -0.420. The van der Waals surface area contributed by atoms with Crippen molar-refractivity contribution in [3.8, 4) is 0 Å². The first kappa shape index (κ1) is 15.6. The van der Waals surface area contributed by atoms with Gasteiger partial charge in [0, 0.05) is 18.5 Å². The Labute approximate surface area is 99.7 Å². The van der Waals surface area contributed by atoms with Gasteiger partial charge >= 0.3 is 0 Å². The SMILES string of the molecule is CC(C)N(CCCl)C(=O)CCOCC(F)F. The average molecular weight is 258 g/mol. The van der Waals surface area contributed by atoms with Gasteiger partial charge in [0.1, 0.15) is 6.61 Å². The summed E-state index contributed by atoms with van der Waals surface area (Å²) in [5.41, 5.74) is 0.